The van der Waals surface area contributed by atoms with E-state index in [-0.39, 0.29) is 29.7 Å². The van der Waals surface area contributed by atoms with Gasteiger partial charge in [-0.15, -0.1) is 0 Å². The SMILES string of the molecule is CC(=O)N[C@@H](COC(C)(C)C)C(=O)N1CCC2(CCN(C(=O)C#Cc3ccccc3)CC2)C1. The van der Waals surface area contributed by atoms with Gasteiger partial charge < -0.3 is 19.9 Å². The number of hydrogen-bond donors (Lipinski definition) is 1. The number of piperidine rings is 1. The summed E-state index contributed by atoms with van der Waals surface area (Å²) in [5.41, 5.74) is 0.449. The first-order valence-corrected chi connectivity index (χ1v) is 11.6. The Kier molecular flexibility index (Phi) is 7.80. The topological polar surface area (TPSA) is 79.0 Å². The van der Waals surface area contributed by atoms with Crippen LogP contribution in [0.5, 0.6) is 0 Å². The smallest absolute Gasteiger partial charge is 0.298 e. The molecule has 0 radical (unpaired) electrons. The molecule has 7 nitrogen and oxygen atoms in total. The monoisotopic (exact) mass is 453 g/mol. The van der Waals surface area contributed by atoms with E-state index in [1.54, 1.807) is 0 Å². The van der Waals surface area contributed by atoms with E-state index in [0.717, 1.165) is 24.8 Å². The second-order valence-corrected chi connectivity index (χ2v) is 10.1. The minimum Gasteiger partial charge on any atom is -0.373 e. The predicted molar refractivity (Wildman–Crippen MR) is 126 cm³/mol. The van der Waals surface area contributed by atoms with Gasteiger partial charge in [0.2, 0.25) is 11.8 Å². The summed E-state index contributed by atoms with van der Waals surface area (Å²) in [6.07, 6.45) is 2.60. The molecule has 2 aliphatic rings. The van der Waals surface area contributed by atoms with Gasteiger partial charge in [0.05, 0.1) is 12.2 Å². The molecule has 0 aromatic heterocycles. The summed E-state index contributed by atoms with van der Waals surface area (Å²) >= 11 is 0. The van der Waals surface area contributed by atoms with E-state index in [1.165, 1.54) is 6.92 Å². The van der Waals surface area contributed by atoms with Crippen molar-refractivity contribution in [3.8, 4) is 11.8 Å². The fourth-order valence-corrected chi connectivity index (χ4v) is 4.42. The highest BCUT2D eigenvalue weighted by atomic mass is 16.5. The second-order valence-electron chi connectivity index (χ2n) is 10.1. The number of benzene rings is 1. The van der Waals surface area contributed by atoms with Crippen LogP contribution >= 0.6 is 0 Å². The summed E-state index contributed by atoms with van der Waals surface area (Å²) in [7, 11) is 0. The van der Waals surface area contributed by atoms with E-state index < -0.39 is 11.6 Å². The van der Waals surface area contributed by atoms with Crippen LogP contribution in [0.25, 0.3) is 0 Å². The van der Waals surface area contributed by atoms with Crippen LogP contribution in [-0.2, 0) is 19.1 Å². The molecule has 2 saturated heterocycles. The van der Waals surface area contributed by atoms with Gasteiger partial charge in [0.1, 0.15) is 6.04 Å². The van der Waals surface area contributed by atoms with Gasteiger partial charge in [-0.2, -0.15) is 0 Å². The Morgan fingerprint density at radius 1 is 1.06 bits per heavy atom. The number of hydrogen-bond acceptors (Lipinski definition) is 4. The van der Waals surface area contributed by atoms with Gasteiger partial charge in [-0.25, -0.2) is 0 Å². The second kappa shape index (κ2) is 10.4. The summed E-state index contributed by atoms with van der Waals surface area (Å²) in [5, 5.41) is 2.75. The van der Waals surface area contributed by atoms with E-state index in [2.05, 4.69) is 17.2 Å². The lowest BCUT2D eigenvalue weighted by Crippen LogP contribution is -2.51. The van der Waals surface area contributed by atoms with Crippen LogP contribution < -0.4 is 5.32 Å². The maximum absolute atomic E-state index is 13.2. The van der Waals surface area contributed by atoms with Crippen molar-refractivity contribution in [2.75, 3.05) is 32.8 Å². The molecule has 0 saturated carbocycles. The Morgan fingerprint density at radius 3 is 2.24 bits per heavy atom. The predicted octanol–water partition coefficient (Wildman–Crippen LogP) is 2.20. The van der Waals surface area contributed by atoms with Gasteiger partial charge in [0.25, 0.3) is 5.91 Å². The van der Waals surface area contributed by atoms with Crippen LogP contribution in [0.3, 0.4) is 0 Å². The summed E-state index contributed by atoms with van der Waals surface area (Å²) < 4.78 is 5.79. The summed E-state index contributed by atoms with van der Waals surface area (Å²) in [6.45, 7) is 9.93. The standard InChI is InChI=1S/C26H35N3O4/c1-20(30)27-22(18-33-25(2,3)4)24(32)29-17-14-26(19-29)12-15-28(16-13-26)23(31)11-10-21-8-6-5-7-9-21/h5-9,22H,12-19H2,1-4H3,(H,27,30)/t22-/m0/s1. The van der Waals surface area contributed by atoms with Crippen molar-refractivity contribution in [3.05, 3.63) is 35.9 Å². The number of ether oxygens (including phenoxy) is 1. The molecule has 7 heteroatoms. The zero-order chi connectivity index (χ0) is 24.1. The third kappa shape index (κ3) is 7.06. The van der Waals surface area contributed by atoms with Crippen molar-refractivity contribution in [2.45, 2.75) is 58.6 Å². The minimum atomic E-state index is -0.688. The van der Waals surface area contributed by atoms with Gasteiger partial charge in [-0.05, 0) is 57.6 Å². The lowest BCUT2D eigenvalue weighted by molar-refractivity contribution is -0.139. The summed E-state index contributed by atoms with van der Waals surface area (Å²) in [6, 6.07) is 8.80. The number of nitrogens with zero attached hydrogens (tertiary/aromatic N) is 2. The number of likely N-dealkylation sites (tertiary alicyclic amines) is 2. The number of carbonyl (C=O) groups excluding carboxylic acids is 3. The van der Waals surface area contributed by atoms with Crippen molar-refractivity contribution >= 4 is 17.7 Å². The zero-order valence-electron chi connectivity index (χ0n) is 20.1. The zero-order valence-corrected chi connectivity index (χ0v) is 20.1. The van der Waals surface area contributed by atoms with Gasteiger partial charge in [-0.3, -0.25) is 14.4 Å². The first-order valence-electron chi connectivity index (χ1n) is 11.6. The first-order chi connectivity index (χ1) is 15.6. The third-order valence-corrected chi connectivity index (χ3v) is 6.31. The molecule has 3 amide bonds. The Labute approximate surface area is 196 Å². The van der Waals surface area contributed by atoms with Crippen LogP contribution in [0, 0.1) is 17.3 Å². The number of nitrogens with one attached hydrogen (secondary N) is 1. The molecule has 3 rings (SSSR count). The molecule has 33 heavy (non-hydrogen) atoms. The van der Waals surface area contributed by atoms with Gasteiger partial charge in [0.15, 0.2) is 0 Å². The quantitative estimate of drug-likeness (QED) is 0.709. The molecule has 1 aromatic carbocycles. The molecule has 178 valence electrons. The number of carbonyl (C=O) groups is 3. The molecular weight excluding hydrogens is 418 g/mol. The largest absolute Gasteiger partial charge is 0.373 e. The van der Waals surface area contributed by atoms with E-state index in [0.29, 0.717) is 26.2 Å². The lowest BCUT2D eigenvalue weighted by Gasteiger charge is -2.38. The molecule has 1 N–H and O–H groups in total. The molecule has 2 fully saturated rings. The molecule has 1 aromatic rings. The van der Waals surface area contributed by atoms with Crippen molar-refractivity contribution in [3.63, 3.8) is 0 Å². The fraction of sp³-hybridized carbons (Fsp3) is 0.577. The van der Waals surface area contributed by atoms with Crippen molar-refractivity contribution in [2.24, 2.45) is 5.41 Å². The third-order valence-electron chi connectivity index (χ3n) is 6.31. The van der Waals surface area contributed by atoms with Gasteiger partial charge in [-0.1, -0.05) is 24.1 Å². The van der Waals surface area contributed by atoms with Crippen LogP contribution in [-0.4, -0.2) is 72.0 Å². The van der Waals surface area contributed by atoms with E-state index >= 15 is 0 Å². The number of amides is 3. The highest BCUT2D eigenvalue weighted by molar-refractivity contribution is 5.94. The van der Waals surface area contributed by atoms with Gasteiger partial charge >= 0.3 is 0 Å². The maximum atomic E-state index is 13.2. The minimum absolute atomic E-state index is 0.0188. The van der Waals surface area contributed by atoms with E-state index in [4.69, 9.17) is 4.74 Å². The van der Waals surface area contributed by atoms with Crippen molar-refractivity contribution in [1.29, 1.82) is 0 Å². The van der Waals surface area contributed by atoms with Crippen LogP contribution in [0.1, 0.15) is 52.5 Å². The molecule has 0 bridgehead atoms. The Morgan fingerprint density at radius 2 is 1.67 bits per heavy atom. The Hall–Kier alpha value is -2.85. The van der Waals surface area contributed by atoms with Crippen LogP contribution in [0.4, 0.5) is 0 Å². The molecule has 0 unspecified atom stereocenters. The average molecular weight is 454 g/mol. The van der Waals surface area contributed by atoms with E-state index in [9.17, 15) is 14.4 Å². The molecule has 2 aliphatic heterocycles. The normalized spacial score (nSPS) is 18.4. The Balaban J connectivity index is 1.55. The highest BCUT2D eigenvalue weighted by Crippen LogP contribution is 2.40. The lowest BCUT2D eigenvalue weighted by atomic mass is 9.78. The van der Waals surface area contributed by atoms with Crippen molar-refractivity contribution < 1.29 is 19.1 Å². The van der Waals surface area contributed by atoms with Crippen molar-refractivity contribution in [1.82, 2.24) is 15.1 Å². The average Bonchev–Trinajstić information content (AvgIpc) is 3.18. The fourth-order valence-electron chi connectivity index (χ4n) is 4.42. The summed E-state index contributed by atoms with van der Waals surface area (Å²) in [4.78, 5) is 41.0. The number of rotatable bonds is 4. The van der Waals surface area contributed by atoms with E-state index in [1.807, 2.05) is 60.9 Å². The molecule has 2 heterocycles. The summed E-state index contributed by atoms with van der Waals surface area (Å²) in [5.74, 6) is 5.19. The molecule has 0 aliphatic carbocycles. The van der Waals surface area contributed by atoms with Gasteiger partial charge in [0, 0.05) is 44.6 Å². The maximum Gasteiger partial charge on any atom is 0.298 e. The Bertz CT molecular complexity index is 918. The van der Waals surface area contributed by atoms with Crippen LogP contribution in [0.2, 0.25) is 0 Å². The molecule has 1 spiro atoms. The highest BCUT2D eigenvalue weighted by Gasteiger charge is 2.44. The molecular formula is C26H35N3O4. The van der Waals surface area contributed by atoms with Crippen LogP contribution in [0.15, 0.2) is 30.3 Å². The first kappa shape index (κ1) is 24.8. The molecule has 1 atom stereocenters.